The maximum Gasteiger partial charge on any atom is 0.271 e. The monoisotopic (exact) mass is 430 g/mol. The molecule has 3 aromatic rings. The van der Waals surface area contributed by atoms with Crippen molar-refractivity contribution in [2.45, 2.75) is 6.61 Å². The molecule has 1 heterocycles. The van der Waals surface area contributed by atoms with Gasteiger partial charge in [0.1, 0.15) is 24.1 Å². The van der Waals surface area contributed by atoms with Gasteiger partial charge in [0.2, 0.25) is 0 Å². The highest BCUT2D eigenvalue weighted by molar-refractivity contribution is 7.13. The standard InChI is InChI=1S/C20H18ClN3O4S/c21-15-5-1-3-13(9-15)11-28-16-6-2-4-14(10-16)18-17(24-12-29-18)19(25)22-7-8-23-20(26)27/h1-6,9-10,12,23H,7-8,11H2,(H,22,25)(H,26,27)/p-1. The van der Waals surface area contributed by atoms with Gasteiger partial charge in [-0.2, -0.15) is 0 Å². The summed E-state index contributed by atoms with van der Waals surface area (Å²) in [5.41, 5.74) is 3.61. The molecule has 0 aliphatic heterocycles. The number of nitrogens with zero attached hydrogens (tertiary/aromatic N) is 1. The first kappa shape index (κ1) is 20.6. The molecule has 2 aromatic carbocycles. The molecule has 0 atom stereocenters. The molecule has 0 bridgehead atoms. The third kappa shape index (κ3) is 5.94. The summed E-state index contributed by atoms with van der Waals surface area (Å²) in [6.45, 7) is 0.554. The van der Waals surface area contributed by atoms with Gasteiger partial charge < -0.3 is 25.3 Å². The third-order valence-corrected chi connectivity index (χ3v) is 4.96. The molecule has 0 spiro atoms. The number of thiazole rings is 1. The molecule has 0 unspecified atom stereocenters. The predicted octanol–water partition coefficient (Wildman–Crippen LogP) is 2.71. The highest BCUT2D eigenvalue weighted by Gasteiger charge is 2.16. The van der Waals surface area contributed by atoms with Gasteiger partial charge in [-0.3, -0.25) is 4.79 Å². The molecule has 0 radical (unpaired) electrons. The van der Waals surface area contributed by atoms with Gasteiger partial charge in [0.05, 0.1) is 10.4 Å². The summed E-state index contributed by atoms with van der Waals surface area (Å²) in [6, 6.07) is 14.8. The summed E-state index contributed by atoms with van der Waals surface area (Å²) in [5, 5.41) is 15.7. The average Bonchev–Trinajstić information content (AvgIpc) is 3.20. The van der Waals surface area contributed by atoms with Crippen molar-refractivity contribution in [1.82, 2.24) is 15.6 Å². The summed E-state index contributed by atoms with van der Waals surface area (Å²) < 4.78 is 5.84. The Morgan fingerprint density at radius 3 is 2.69 bits per heavy atom. The lowest BCUT2D eigenvalue weighted by Gasteiger charge is -2.10. The SMILES string of the molecule is O=C([O-])NCCNC(=O)c1ncsc1-c1cccc(OCc2cccc(Cl)c2)c1. The van der Waals surface area contributed by atoms with Gasteiger partial charge in [-0.25, -0.2) is 4.98 Å². The van der Waals surface area contributed by atoms with E-state index >= 15 is 0 Å². The maximum atomic E-state index is 12.4. The Hall–Kier alpha value is -3.10. The molecule has 7 nitrogen and oxygen atoms in total. The van der Waals surface area contributed by atoms with E-state index in [0.29, 0.717) is 22.3 Å². The smallest absolute Gasteiger partial charge is 0.271 e. The minimum absolute atomic E-state index is 0.0559. The minimum Gasteiger partial charge on any atom is -0.530 e. The van der Waals surface area contributed by atoms with E-state index in [1.165, 1.54) is 11.3 Å². The van der Waals surface area contributed by atoms with E-state index in [1.54, 1.807) is 11.6 Å². The van der Waals surface area contributed by atoms with Gasteiger partial charge in [0, 0.05) is 18.1 Å². The first-order valence-corrected chi connectivity index (χ1v) is 9.93. The molecule has 29 heavy (non-hydrogen) atoms. The summed E-state index contributed by atoms with van der Waals surface area (Å²) in [7, 11) is 0. The fourth-order valence-corrected chi connectivity index (χ4v) is 3.55. The Kier molecular flexibility index (Phi) is 7.04. The number of carbonyl (C=O) groups is 2. The van der Waals surface area contributed by atoms with Crippen LogP contribution in [0.5, 0.6) is 5.75 Å². The fourth-order valence-electron chi connectivity index (χ4n) is 2.56. The number of aromatic nitrogens is 1. The maximum absolute atomic E-state index is 12.4. The molecule has 0 saturated heterocycles. The van der Waals surface area contributed by atoms with Gasteiger partial charge in [-0.15, -0.1) is 11.3 Å². The van der Waals surface area contributed by atoms with E-state index in [0.717, 1.165) is 11.1 Å². The molecular formula is C20H17ClN3O4S-. The van der Waals surface area contributed by atoms with Crippen LogP contribution in [-0.4, -0.2) is 30.1 Å². The van der Waals surface area contributed by atoms with Crippen molar-refractivity contribution in [1.29, 1.82) is 0 Å². The van der Waals surface area contributed by atoms with Crippen molar-refractivity contribution in [3.63, 3.8) is 0 Å². The van der Waals surface area contributed by atoms with Crippen molar-refractivity contribution in [3.8, 4) is 16.2 Å². The second-order valence-electron chi connectivity index (χ2n) is 5.95. The van der Waals surface area contributed by atoms with Gasteiger partial charge in [0.15, 0.2) is 0 Å². The Morgan fingerprint density at radius 2 is 1.90 bits per heavy atom. The molecule has 0 saturated carbocycles. The molecule has 9 heteroatoms. The number of carboxylic acid groups (broad SMARTS) is 1. The fraction of sp³-hybridized carbons (Fsp3) is 0.150. The average molecular weight is 431 g/mol. The number of benzene rings is 2. The summed E-state index contributed by atoms with van der Waals surface area (Å²) in [6.07, 6.45) is -1.39. The lowest BCUT2D eigenvalue weighted by Crippen LogP contribution is -2.41. The molecule has 2 amide bonds. The van der Waals surface area contributed by atoms with Gasteiger partial charge in [-0.1, -0.05) is 35.9 Å². The molecule has 0 aliphatic carbocycles. The van der Waals surface area contributed by atoms with E-state index < -0.39 is 6.09 Å². The molecule has 3 rings (SSSR count). The largest absolute Gasteiger partial charge is 0.530 e. The molecule has 0 fully saturated rings. The molecule has 0 aliphatic rings. The number of nitrogens with one attached hydrogen (secondary N) is 2. The van der Waals surface area contributed by atoms with Crippen molar-refractivity contribution >= 4 is 34.9 Å². The number of halogens is 1. The summed E-state index contributed by atoms with van der Waals surface area (Å²) in [5.74, 6) is 0.270. The Labute approximate surface area is 176 Å². The molecule has 150 valence electrons. The lowest BCUT2D eigenvalue weighted by molar-refractivity contribution is -0.250. The first-order valence-electron chi connectivity index (χ1n) is 8.67. The second kappa shape index (κ2) is 9.90. The van der Waals surface area contributed by atoms with Crippen LogP contribution in [0.2, 0.25) is 5.02 Å². The normalized spacial score (nSPS) is 10.4. The van der Waals surface area contributed by atoms with E-state index in [9.17, 15) is 14.7 Å². The third-order valence-electron chi connectivity index (χ3n) is 3.85. The van der Waals surface area contributed by atoms with E-state index in [4.69, 9.17) is 16.3 Å². The van der Waals surface area contributed by atoms with E-state index in [-0.39, 0.29) is 24.7 Å². The zero-order valence-electron chi connectivity index (χ0n) is 15.2. The number of hydrogen-bond acceptors (Lipinski definition) is 6. The van der Waals surface area contributed by atoms with Crippen LogP contribution in [0.3, 0.4) is 0 Å². The van der Waals surface area contributed by atoms with E-state index in [1.807, 2.05) is 42.5 Å². The van der Waals surface area contributed by atoms with Crippen LogP contribution in [0.15, 0.2) is 54.0 Å². The first-order chi connectivity index (χ1) is 14.0. The molecule has 1 aromatic heterocycles. The van der Waals surface area contributed by atoms with Gasteiger partial charge in [0.25, 0.3) is 5.91 Å². The number of carbonyl (C=O) groups excluding carboxylic acids is 2. The Balaban J connectivity index is 1.67. The zero-order valence-corrected chi connectivity index (χ0v) is 16.8. The van der Waals surface area contributed by atoms with Gasteiger partial charge >= 0.3 is 0 Å². The summed E-state index contributed by atoms with van der Waals surface area (Å²) in [4.78, 5) is 27.5. The lowest BCUT2D eigenvalue weighted by atomic mass is 10.1. The molecular weight excluding hydrogens is 414 g/mol. The highest BCUT2D eigenvalue weighted by atomic mass is 35.5. The van der Waals surface area contributed by atoms with Crippen molar-refractivity contribution < 1.29 is 19.4 Å². The molecule has 2 N–H and O–H groups in total. The van der Waals surface area contributed by atoms with Crippen LogP contribution < -0.4 is 20.5 Å². The van der Waals surface area contributed by atoms with Crippen molar-refractivity contribution in [3.05, 3.63) is 70.3 Å². The minimum atomic E-state index is -1.39. The van der Waals surface area contributed by atoms with Crippen LogP contribution in [0.1, 0.15) is 16.1 Å². The van der Waals surface area contributed by atoms with Crippen LogP contribution in [0.4, 0.5) is 4.79 Å². The van der Waals surface area contributed by atoms with Crippen LogP contribution in [0.25, 0.3) is 10.4 Å². The van der Waals surface area contributed by atoms with Gasteiger partial charge in [-0.05, 0) is 35.4 Å². The van der Waals surface area contributed by atoms with Crippen molar-refractivity contribution in [2.24, 2.45) is 0 Å². The Morgan fingerprint density at radius 1 is 1.10 bits per heavy atom. The number of hydrogen-bond donors (Lipinski definition) is 2. The van der Waals surface area contributed by atoms with Crippen molar-refractivity contribution in [2.75, 3.05) is 13.1 Å². The van der Waals surface area contributed by atoms with Crippen LogP contribution in [0, 0.1) is 0 Å². The number of ether oxygens (including phenoxy) is 1. The Bertz CT molecular complexity index is 1010. The zero-order chi connectivity index (χ0) is 20.6. The van der Waals surface area contributed by atoms with Crippen LogP contribution in [-0.2, 0) is 6.61 Å². The number of amides is 2. The number of rotatable bonds is 8. The topological polar surface area (TPSA) is 103 Å². The predicted molar refractivity (Wildman–Crippen MR) is 109 cm³/mol. The summed E-state index contributed by atoms with van der Waals surface area (Å²) >= 11 is 7.33. The van der Waals surface area contributed by atoms with Crippen LogP contribution >= 0.6 is 22.9 Å². The second-order valence-corrected chi connectivity index (χ2v) is 7.24. The van der Waals surface area contributed by atoms with E-state index in [2.05, 4.69) is 15.6 Å². The quantitative estimate of drug-likeness (QED) is 0.535. The highest BCUT2D eigenvalue weighted by Crippen LogP contribution is 2.30.